The Kier molecular flexibility index (Phi) is 15.6. The van der Waals surface area contributed by atoms with Crippen molar-refractivity contribution in [1.82, 2.24) is 4.90 Å². The fourth-order valence-electron chi connectivity index (χ4n) is 9.39. The van der Waals surface area contributed by atoms with E-state index < -0.39 is 5.41 Å². The highest BCUT2D eigenvalue weighted by molar-refractivity contribution is 5.72. The minimum atomic E-state index is -0.669. The van der Waals surface area contributed by atoms with Crippen molar-refractivity contribution in [2.24, 2.45) is 34.5 Å². The van der Waals surface area contributed by atoms with E-state index >= 15 is 0 Å². The number of unbranched alkanes of at least 4 members (excludes halogenated alkanes) is 8. The molecule has 1 aliphatic heterocycles. The molecule has 4 saturated carbocycles. The van der Waals surface area contributed by atoms with Crippen molar-refractivity contribution in [3.05, 3.63) is 0 Å². The summed E-state index contributed by atoms with van der Waals surface area (Å²) in [6, 6.07) is 0. The third-order valence-corrected chi connectivity index (χ3v) is 11.6. The van der Waals surface area contributed by atoms with Gasteiger partial charge in [-0.15, -0.1) is 0 Å². The number of carbonyl (C=O) groups excluding carboxylic acids is 2. The zero-order valence-corrected chi connectivity index (χ0v) is 30.2. The van der Waals surface area contributed by atoms with Gasteiger partial charge in [-0.25, -0.2) is 0 Å². The van der Waals surface area contributed by atoms with Crippen molar-refractivity contribution in [2.75, 3.05) is 47.1 Å². The predicted octanol–water partition coefficient (Wildman–Crippen LogP) is 8.72. The van der Waals surface area contributed by atoms with Gasteiger partial charge in [-0.3, -0.25) is 9.59 Å². The molecule has 0 N–H and O–H groups in total. The average molecular weight is 648 g/mol. The summed E-state index contributed by atoms with van der Waals surface area (Å²) in [7, 11) is 4.15. The molecule has 5 rings (SSSR count). The number of esters is 2. The van der Waals surface area contributed by atoms with Crippen LogP contribution >= 0.6 is 0 Å². The van der Waals surface area contributed by atoms with Gasteiger partial charge >= 0.3 is 11.9 Å². The van der Waals surface area contributed by atoms with Crippen LogP contribution in [-0.4, -0.2) is 70.2 Å². The summed E-state index contributed by atoms with van der Waals surface area (Å²) in [6.45, 7) is 6.53. The zero-order chi connectivity index (χ0) is 32.8. The normalized spacial score (nSPS) is 30.9. The number of hydrogen-bond donors (Lipinski definition) is 0. The molecule has 0 aromatic heterocycles. The van der Waals surface area contributed by atoms with E-state index in [1.165, 1.54) is 83.5 Å². The molecule has 4 aliphatic carbocycles. The van der Waals surface area contributed by atoms with E-state index in [9.17, 15) is 9.59 Å². The Morgan fingerprint density at radius 2 is 1.26 bits per heavy atom. The lowest BCUT2D eigenvalue weighted by Gasteiger charge is -2.56. The van der Waals surface area contributed by atoms with Crippen LogP contribution in [0.5, 0.6) is 0 Å². The molecule has 7 heteroatoms. The van der Waals surface area contributed by atoms with Gasteiger partial charge in [-0.05, 0) is 108 Å². The molecule has 4 bridgehead atoms. The van der Waals surface area contributed by atoms with Crippen molar-refractivity contribution in [3.8, 4) is 0 Å². The molecular weight excluding hydrogens is 578 g/mol. The molecule has 1 saturated heterocycles. The van der Waals surface area contributed by atoms with Gasteiger partial charge in [0.25, 0.3) is 0 Å². The molecule has 0 aromatic carbocycles. The summed E-state index contributed by atoms with van der Waals surface area (Å²) in [5, 5.41) is 0. The van der Waals surface area contributed by atoms with Gasteiger partial charge in [0.2, 0.25) is 0 Å². The smallest absolute Gasteiger partial charge is 0.308 e. The van der Waals surface area contributed by atoms with Crippen LogP contribution in [0.3, 0.4) is 0 Å². The number of ether oxygens (including phenoxy) is 4. The average Bonchev–Trinajstić information content (AvgIpc) is 3.01. The summed E-state index contributed by atoms with van der Waals surface area (Å²) >= 11 is 0. The molecule has 7 nitrogen and oxygen atoms in total. The van der Waals surface area contributed by atoms with Crippen LogP contribution in [0.25, 0.3) is 0 Å². The van der Waals surface area contributed by atoms with E-state index in [0.29, 0.717) is 19.6 Å². The van der Waals surface area contributed by atoms with Crippen LogP contribution in [0, 0.1) is 34.5 Å². The molecular formula is C39H69NO6. The largest absolute Gasteiger partial charge is 0.465 e. The minimum Gasteiger partial charge on any atom is -0.465 e. The first-order valence-electron chi connectivity index (χ1n) is 19.4. The molecule has 0 amide bonds. The molecule has 5 aliphatic rings. The highest BCUT2D eigenvalue weighted by Crippen LogP contribution is 2.61. The second-order valence-electron chi connectivity index (χ2n) is 16.5. The summed E-state index contributed by atoms with van der Waals surface area (Å²) < 4.78 is 24.6. The minimum absolute atomic E-state index is 0.0667. The lowest BCUT2D eigenvalue weighted by Crippen LogP contribution is -2.50. The first-order valence-corrected chi connectivity index (χ1v) is 19.4. The number of carbonyl (C=O) groups is 2. The zero-order valence-electron chi connectivity index (χ0n) is 30.2. The summed E-state index contributed by atoms with van der Waals surface area (Å²) in [5.41, 5.74) is -0.526. The highest BCUT2D eigenvalue weighted by Gasteiger charge is 2.52. The number of nitrogens with zero attached hydrogens (tertiary/aromatic N) is 1. The Balaban J connectivity index is 1.32. The Bertz CT molecular complexity index is 862. The lowest BCUT2D eigenvalue weighted by atomic mass is 9.49. The number of hydrogen-bond acceptors (Lipinski definition) is 7. The Hall–Kier alpha value is -1.18. The molecule has 0 aromatic rings. The van der Waals surface area contributed by atoms with E-state index in [1.807, 2.05) is 0 Å². The van der Waals surface area contributed by atoms with Crippen molar-refractivity contribution in [2.45, 2.75) is 155 Å². The molecule has 5 fully saturated rings. The summed E-state index contributed by atoms with van der Waals surface area (Å²) in [6.07, 6.45) is 23.5. The van der Waals surface area contributed by atoms with Crippen molar-refractivity contribution < 1.29 is 28.5 Å². The topological polar surface area (TPSA) is 74.3 Å². The van der Waals surface area contributed by atoms with Crippen LogP contribution in [0.2, 0.25) is 0 Å². The van der Waals surface area contributed by atoms with Crippen LogP contribution in [0.1, 0.15) is 149 Å². The standard InChI is InChI=1S/C39H69NO6/c1-5-7-9-11-12-14-17-34(16-13-10-8-6-2)37(42)46-30-39(28-44-36(45-29-39)18-15-19-40(3)4)27-43-35(41)26-38-23-31-20-32(24-38)22-33(21-31)25-38/h31-34,36H,5-30H2,1-4H3. The van der Waals surface area contributed by atoms with Crippen LogP contribution in [0.15, 0.2) is 0 Å². The second-order valence-corrected chi connectivity index (χ2v) is 16.5. The maximum absolute atomic E-state index is 13.6. The molecule has 1 atom stereocenters. The van der Waals surface area contributed by atoms with Crippen LogP contribution in [0.4, 0.5) is 0 Å². The van der Waals surface area contributed by atoms with Gasteiger partial charge in [0.1, 0.15) is 13.2 Å². The maximum atomic E-state index is 13.6. The first kappa shape index (κ1) is 37.6. The third kappa shape index (κ3) is 12.1. The number of rotatable bonds is 23. The predicted molar refractivity (Wildman–Crippen MR) is 183 cm³/mol. The Morgan fingerprint density at radius 1 is 0.739 bits per heavy atom. The van der Waals surface area contributed by atoms with Gasteiger partial charge in [-0.1, -0.05) is 78.1 Å². The fraction of sp³-hybridized carbons (Fsp3) is 0.949. The maximum Gasteiger partial charge on any atom is 0.308 e. The van der Waals surface area contributed by atoms with E-state index in [0.717, 1.165) is 69.2 Å². The van der Waals surface area contributed by atoms with Gasteiger partial charge in [0.15, 0.2) is 6.29 Å². The second kappa shape index (κ2) is 19.1. The van der Waals surface area contributed by atoms with Crippen LogP contribution < -0.4 is 0 Å². The van der Waals surface area contributed by atoms with E-state index in [2.05, 4.69) is 32.8 Å². The Morgan fingerprint density at radius 3 is 1.83 bits per heavy atom. The fourth-order valence-corrected chi connectivity index (χ4v) is 9.39. The van der Waals surface area contributed by atoms with E-state index in [-0.39, 0.29) is 42.8 Å². The van der Waals surface area contributed by atoms with Gasteiger partial charge < -0.3 is 23.8 Å². The van der Waals surface area contributed by atoms with Crippen LogP contribution in [-0.2, 0) is 28.5 Å². The van der Waals surface area contributed by atoms with Gasteiger partial charge in [0.05, 0.1) is 31.0 Å². The quantitative estimate of drug-likeness (QED) is 0.0811. The molecule has 266 valence electrons. The Labute approximate surface area is 281 Å². The first-order chi connectivity index (χ1) is 22.2. The lowest BCUT2D eigenvalue weighted by molar-refractivity contribution is -0.250. The van der Waals surface area contributed by atoms with E-state index in [4.69, 9.17) is 18.9 Å². The molecule has 0 radical (unpaired) electrons. The molecule has 0 spiro atoms. The van der Waals surface area contributed by atoms with Gasteiger partial charge in [0, 0.05) is 0 Å². The van der Waals surface area contributed by atoms with Gasteiger partial charge in [-0.2, -0.15) is 0 Å². The molecule has 1 heterocycles. The third-order valence-electron chi connectivity index (χ3n) is 11.6. The van der Waals surface area contributed by atoms with Crippen molar-refractivity contribution >= 4 is 11.9 Å². The monoisotopic (exact) mass is 648 g/mol. The van der Waals surface area contributed by atoms with E-state index in [1.54, 1.807) is 0 Å². The highest BCUT2D eigenvalue weighted by atomic mass is 16.7. The summed E-state index contributed by atoms with van der Waals surface area (Å²) in [4.78, 5) is 29.1. The molecule has 1 unspecified atom stereocenters. The van der Waals surface area contributed by atoms with Crippen molar-refractivity contribution in [3.63, 3.8) is 0 Å². The summed E-state index contributed by atoms with van der Waals surface area (Å²) in [5.74, 6) is 2.15. The SMILES string of the molecule is CCCCCCCCC(CCCCCC)C(=O)OCC1(COC(=O)CC23CC4CC(CC(C4)C2)C3)COC(CCCN(C)C)OC1. The van der Waals surface area contributed by atoms with Crippen molar-refractivity contribution in [1.29, 1.82) is 0 Å². The molecule has 46 heavy (non-hydrogen) atoms.